The molecular weight excluding hydrogens is 196 g/mol. The first-order valence-corrected chi connectivity index (χ1v) is 6.80. The van der Waals surface area contributed by atoms with E-state index in [0.29, 0.717) is 16.9 Å². The zero-order valence-electron chi connectivity index (χ0n) is 11.6. The van der Waals surface area contributed by atoms with Crippen LogP contribution >= 0.6 is 0 Å². The highest BCUT2D eigenvalue weighted by Gasteiger charge is 2.29. The Labute approximate surface area is 101 Å². The zero-order valence-corrected chi connectivity index (χ0v) is 11.6. The standard InChI is InChI=1S/C14H30N2/c1-13(2,3)9-12(10-15)11-16-14(4)7-5-6-8-14/h12,16H,5-11,15H2,1-4H3. The topological polar surface area (TPSA) is 38.0 Å². The molecule has 96 valence electrons. The highest BCUT2D eigenvalue weighted by atomic mass is 15.0. The predicted molar refractivity (Wildman–Crippen MR) is 71.5 cm³/mol. The minimum atomic E-state index is 0.391. The fourth-order valence-electron chi connectivity index (χ4n) is 2.83. The van der Waals surface area contributed by atoms with E-state index in [0.717, 1.165) is 13.1 Å². The highest BCUT2D eigenvalue weighted by molar-refractivity contribution is 4.89. The van der Waals surface area contributed by atoms with Crippen molar-refractivity contribution in [3.8, 4) is 0 Å². The second-order valence-electron chi connectivity index (χ2n) is 7.02. The van der Waals surface area contributed by atoms with Crippen LogP contribution in [0.4, 0.5) is 0 Å². The van der Waals surface area contributed by atoms with E-state index in [-0.39, 0.29) is 0 Å². The number of nitrogens with two attached hydrogens (primary N) is 1. The first-order chi connectivity index (χ1) is 7.35. The average Bonchev–Trinajstić information content (AvgIpc) is 2.58. The Kier molecular flexibility index (Phi) is 4.81. The molecular formula is C14H30N2. The first kappa shape index (κ1) is 14.0. The molecule has 0 bridgehead atoms. The van der Waals surface area contributed by atoms with E-state index in [9.17, 15) is 0 Å². The Bertz CT molecular complexity index is 199. The average molecular weight is 226 g/mol. The maximum absolute atomic E-state index is 5.87. The lowest BCUT2D eigenvalue weighted by atomic mass is 9.84. The van der Waals surface area contributed by atoms with Crippen LogP contribution in [0.2, 0.25) is 0 Å². The summed E-state index contributed by atoms with van der Waals surface area (Å²) < 4.78 is 0. The van der Waals surface area contributed by atoms with E-state index in [2.05, 4.69) is 33.0 Å². The number of hydrogen-bond donors (Lipinski definition) is 2. The molecule has 2 heteroatoms. The van der Waals surface area contributed by atoms with Crippen molar-refractivity contribution in [2.75, 3.05) is 13.1 Å². The lowest BCUT2D eigenvalue weighted by Crippen LogP contribution is -2.44. The van der Waals surface area contributed by atoms with Gasteiger partial charge in [-0.3, -0.25) is 0 Å². The summed E-state index contributed by atoms with van der Waals surface area (Å²) in [6, 6.07) is 0. The van der Waals surface area contributed by atoms with Crippen molar-refractivity contribution in [2.24, 2.45) is 17.1 Å². The molecule has 2 nitrogen and oxygen atoms in total. The van der Waals surface area contributed by atoms with Gasteiger partial charge in [-0.15, -0.1) is 0 Å². The van der Waals surface area contributed by atoms with Crippen molar-refractivity contribution in [1.82, 2.24) is 5.32 Å². The Morgan fingerprint density at radius 1 is 1.25 bits per heavy atom. The third-order valence-corrected chi connectivity index (χ3v) is 3.76. The maximum Gasteiger partial charge on any atom is 0.0153 e. The van der Waals surface area contributed by atoms with Crippen LogP contribution in [0.3, 0.4) is 0 Å². The molecule has 0 aromatic heterocycles. The third kappa shape index (κ3) is 4.84. The van der Waals surface area contributed by atoms with Gasteiger partial charge in [-0.1, -0.05) is 33.6 Å². The monoisotopic (exact) mass is 226 g/mol. The second-order valence-corrected chi connectivity index (χ2v) is 7.02. The molecule has 0 saturated heterocycles. The van der Waals surface area contributed by atoms with Gasteiger partial charge in [-0.25, -0.2) is 0 Å². The van der Waals surface area contributed by atoms with Gasteiger partial charge in [0.1, 0.15) is 0 Å². The van der Waals surface area contributed by atoms with E-state index in [1.807, 2.05) is 0 Å². The normalized spacial score (nSPS) is 22.3. The fourth-order valence-corrected chi connectivity index (χ4v) is 2.83. The van der Waals surface area contributed by atoms with Crippen LogP contribution < -0.4 is 11.1 Å². The molecule has 1 rings (SSSR count). The van der Waals surface area contributed by atoms with E-state index in [1.165, 1.54) is 32.1 Å². The zero-order chi connectivity index (χ0) is 12.2. The fraction of sp³-hybridized carbons (Fsp3) is 1.00. The molecule has 1 fully saturated rings. The van der Waals surface area contributed by atoms with Crippen molar-refractivity contribution in [2.45, 2.75) is 65.3 Å². The smallest absolute Gasteiger partial charge is 0.0153 e. The number of hydrogen-bond acceptors (Lipinski definition) is 2. The summed E-state index contributed by atoms with van der Waals surface area (Å²) in [5, 5.41) is 3.75. The minimum Gasteiger partial charge on any atom is -0.330 e. The summed E-state index contributed by atoms with van der Waals surface area (Å²) in [5.41, 5.74) is 6.65. The van der Waals surface area contributed by atoms with Crippen LogP contribution in [0.1, 0.15) is 59.8 Å². The van der Waals surface area contributed by atoms with Crippen molar-refractivity contribution >= 4 is 0 Å². The summed E-state index contributed by atoms with van der Waals surface area (Å²) in [7, 11) is 0. The van der Waals surface area contributed by atoms with Crippen molar-refractivity contribution in [1.29, 1.82) is 0 Å². The van der Waals surface area contributed by atoms with E-state index >= 15 is 0 Å². The summed E-state index contributed by atoms with van der Waals surface area (Å²) in [4.78, 5) is 0. The lowest BCUT2D eigenvalue weighted by molar-refractivity contribution is 0.260. The molecule has 3 N–H and O–H groups in total. The van der Waals surface area contributed by atoms with Gasteiger partial charge in [0.15, 0.2) is 0 Å². The molecule has 16 heavy (non-hydrogen) atoms. The largest absolute Gasteiger partial charge is 0.330 e. The van der Waals surface area contributed by atoms with Gasteiger partial charge < -0.3 is 11.1 Å². The Hall–Kier alpha value is -0.0800. The van der Waals surface area contributed by atoms with Crippen molar-refractivity contribution in [3.05, 3.63) is 0 Å². The quantitative estimate of drug-likeness (QED) is 0.756. The summed E-state index contributed by atoms with van der Waals surface area (Å²) in [5.74, 6) is 0.623. The van der Waals surface area contributed by atoms with Gasteiger partial charge in [0.25, 0.3) is 0 Å². The van der Waals surface area contributed by atoms with Crippen LogP contribution in [0.15, 0.2) is 0 Å². The second kappa shape index (κ2) is 5.50. The van der Waals surface area contributed by atoms with E-state index < -0.39 is 0 Å². The van der Waals surface area contributed by atoms with E-state index in [1.54, 1.807) is 0 Å². The summed E-state index contributed by atoms with van der Waals surface area (Å²) in [6.45, 7) is 11.2. The Morgan fingerprint density at radius 3 is 2.25 bits per heavy atom. The molecule has 1 aliphatic carbocycles. The molecule has 0 radical (unpaired) electrons. The molecule has 0 spiro atoms. The molecule has 1 saturated carbocycles. The molecule has 0 aromatic carbocycles. The minimum absolute atomic E-state index is 0.391. The molecule has 1 unspecified atom stereocenters. The summed E-state index contributed by atoms with van der Waals surface area (Å²) in [6.07, 6.45) is 6.65. The first-order valence-electron chi connectivity index (χ1n) is 6.80. The van der Waals surface area contributed by atoms with Gasteiger partial charge in [-0.2, -0.15) is 0 Å². The SMILES string of the molecule is CC(C)(C)CC(CN)CNC1(C)CCCC1. The highest BCUT2D eigenvalue weighted by Crippen LogP contribution is 2.30. The third-order valence-electron chi connectivity index (χ3n) is 3.76. The molecule has 0 aromatic rings. The predicted octanol–water partition coefficient (Wildman–Crippen LogP) is 2.92. The van der Waals surface area contributed by atoms with Gasteiger partial charge in [0.2, 0.25) is 0 Å². The van der Waals surface area contributed by atoms with Crippen LogP contribution in [0.5, 0.6) is 0 Å². The van der Waals surface area contributed by atoms with Gasteiger partial charge in [-0.05, 0) is 50.6 Å². The number of nitrogens with one attached hydrogen (secondary N) is 1. The van der Waals surface area contributed by atoms with Crippen molar-refractivity contribution < 1.29 is 0 Å². The Balaban J connectivity index is 2.33. The number of rotatable bonds is 5. The van der Waals surface area contributed by atoms with Crippen LogP contribution in [-0.4, -0.2) is 18.6 Å². The molecule has 0 aliphatic heterocycles. The molecule has 0 heterocycles. The van der Waals surface area contributed by atoms with E-state index in [4.69, 9.17) is 5.73 Å². The van der Waals surface area contributed by atoms with Crippen LogP contribution in [-0.2, 0) is 0 Å². The lowest BCUT2D eigenvalue weighted by Gasteiger charge is -2.31. The molecule has 1 aliphatic rings. The van der Waals surface area contributed by atoms with Crippen LogP contribution in [0.25, 0.3) is 0 Å². The maximum atomic E-state index is 5.87. The summed E-state index contributed by atoms with van der Waals surface area (Å²) >= 11 is 0. The van der Waals surface area contributed by atoms with Crippen molar-refractivity contribution in [3.63, 3.8) is 0 Å². The van der Waals surface area contributed by atoms with Gasteiger partial charge in [0, 0.05) is 5.54 Å². The molecule has 0 amide bonds. The van der Waals surface area contributed by atoms with Gasteiger partial charge >= 0.3 is 0 Å². The Morgan fingerprint density at radius 2 is 1.81 bits per heavy atom. The van der Waals surface area contributed by atoms with Crippen LogP contribution in [0, 0.1) is 11.3 Å². The van der Waals surface area contributed by atoms with Gasteiger partial charge in [0.05, 0.1) is 0 Å². The molecule has 1 atom stereocenters.